The highest BCUT2D eigenvalue weighted by molar-refractivity contribution is 5.73. The van der Waals surface area contributed by atoms with Crippen LogP contribution in [-0.2, 0) is 4.79 Å². The van der Waals surface area contributed by atoms with Gasteiger partial charge in [0.2, 0.25) is 0 Å². The molecule has 0 bridgehead atoms. The molecule has 0 amide bonds. The van der Waals surface area contributed by atoms with Crippen LogP contribution in [0.1, 0.15) is 31.7 Å². The van der Waals surface area contributed by atoms with E-state index in [1.54, 1.807) is 19.1 Å². The van der Waals surface area contributed by atoms with Crippen molar-refractivity contribution in [3.8, 4) is 0 Å². The summed E-state index contributed by atoms with van der Waals surface area (Å²) in [5, 5.41) is 9.06. The van der Waals surface area contributed by atoms with Gasteiger partial charge in [-0.3, -0.25) is 9.69 Å². The molecule has 4 heteroatoms. The van der Waals surface area contributed by atoms with E-state index in [4.69, 9.17) is 5.11 Å². The van der Waals surface area contributed by atoms with Crippen LogP contribution in [-0.4, -0.2) is 34.6 Å². The second-order valence-electron chi connectivity index (χ2n) is 5.04. The summed E-state index contributed by atoms with van der Waals surface area (Å²) in [6.07, 6.45) is 0.920. The molecule has 98 valence electrons. The number of aliphatic carboxylic acids is 1. The number of hydrogen-bond acceptors (Lipinski definition) is 2. The van der Waals surface area contributed by atoms with Crippen LogP contribution in [0.25, 0.3) is 0 Å². The largest absolute Gasteiger partial charge is 0.480 e. The van der Waals surface area contributed by atoms with Crippen molar-refractivity contribution < 1.29 is 14.3 Å². The van der Waals surface area contributed by atoms with Crippen LogP contribution >= 0.6 is 0 Å². The Morgan fingerprint density at radius 1 is 1.44 bits per heavy atom. The van der Waals surface area contributed by atoms with E-state index in [0.717, 1.165) is 18.5 Å². The van der Waals surface area contributed by atoms with Gasteiger partial charge in [0.1, 0.15) is 11.9 Å². The number of nitrogens with zero attached hydrogens (tertiary/aromatic N) is 1. The smallest absolute Gasteiger partial charge is 0.320 e. The molecule has 3 unspecified atom stereocenters. The molecule has 1 fully saturated rings. The molecule has 1 heterocycles. The van der Waals surface area contributed by atoms with Crippen molar-refractivity contribution >= 4 is 5.97 Å². The lowest BCUT2D eigenvalue weighted by molar-refractivity contribution is -0.142. The summed E-state index contributed by atoms with van der Waals surface area (Å²) in [5.74, 6) is -0.732. The molecule has 1 aromatic carbocycles. The van der Waals surface area contributed by atoms with E-state index < -0.39 is 12.0 Å². The molecule has 1 N–H and O–H groups in total. The molecule has 0 aromatic heterocycles. The minimum absolute atomic E-state index is 0.236. The molecule has 0 spiro atoms. The summed E-state index contributed by atoms with van der Waals surface area (Å²) in [4.78, 5) is 13.0. The molecule has 1 aliphatic heterocycles. The molecule has 1 aromatic rings. The quantitative estimate of drug-likeness (QED) is 0.897. The zero-order chi connectivity index (χ0) is 13.3. The summed E-state index contributed by atoms with van der Waals surface area (Å²) < 4.78 is 12.9. The zero-order valence-electron chi connectivity index (χ0n) is 10.6. The van der Waals surface area contributed by atoms with Crippen molar-refractivity contribution in [1.82, 2.24) is 4.90 Å². The molecule has 0 saturated carbocycles. The van der Waals surface area contributed by atoms with Crippen LogP contribution < -0.4 is 0 Å². The van der Waals surface area contributed by atoms with Crippen LogP contribution in [0, 0.1) is 5.82 Å². The number of rotatable bonds is 3. The first-order chi connectivity index (χ1) is 8.49. The van der Waals surface area contributed by atoms with Crippen molar-refractivity contribution in [2.45, 2.75) is 38.3 Å². The van der Waals surface area contributed by atoms with Gasteiger partial charge >= 0.3 is 5.97 Å². The highest BCUT2D eigenvalue weighted by atomic mass is 19.1. The summed E-state index contributed by atoms with van der Waals surface area (Å²) in [5.41, 5.74) is 1.09. The van der Waals surface area contributed by atoms with Crippen LogP contribution in [0.4, 0.5) is 4.39 Å². The minimum Gasteiger partial charge on any atom is -0.480 e. The monoisotopic (exact) mass is 251 g/mol. The standard InChI is InChI=1S/C14H18FNO2/c1-9-7-12(8-16(9)10(2)14(17)18)11-3-5-13(15)6-4-11/h3-6,9-10,12H,7-8H2,1-2H3,(H,17,18). The molecule has 0 aliphatic carbocycles. The van der Waals surface area contributed by atoms with Gasteiger partial charge < -0.3 is 5.11 Å². The van der Waals surface area contributed by atoms with E-state index in [1.165, 1.54) is 12.1 Å². The van der Waals surface area contributed by atoms with Crippen molar-refractivity contribution in [3.05, 3.63) is 35.6 Å². The first-order valence-electron chi connectivity index (χ1n) is 6.23. The van der Waals surface area contributed by atoms with E-state index in [-0.39, 0.29) is 11.9 Å². The lowest BCUT2D eigenvalue weighted by Gasteiger charge is -2.25. The molecule has 1 aliphatic rings. The van der Waals surface area contributed by atoms with Gasteiger partial charge in [0.15, 0.2) is 0 Å². The van der Waals surface area contributed by atoms with E-state index in [1.807, 2.05) is 11.8 Å². The van der Waals surface area contributed by atoms with Crippen LogP contribution in [0.15, 0.2) is 24.3 Å². The Morgan fingerprint density at radius 2 is 2.06 bits per heavy atom. The van der Waals surface area contributed by atoms with E-state index in [2.05, 4.69) is 0 Å². The van der Waals surface area contributed by atoms with Crippen LogP contribution in [0.3, 0.4) is 0 Å². The molecular formula is C14H18FNO2. The lowest BCUT2D eigenvalue weighted by Crippen LogP contribution is -2.41. The van der Waals surface area contributed by atoms with E-state index in [0.29, 0.717) is 5.92 Å². The molecule has 2 rings (SSSR count). The molecule has 3 atom stereocenters. The van der Waals surface area contributed by atoms with E-state index in [9.17, 15) is 9.18 Å². The Bertz CT molecular complexity index is 432. The Kier molecular flexibility index (Phi) is 3.66. The third-order valence-corrected chi connectivity index (χ3v) is 3.82. The molecular weight excluding hydrogens is 233 g/mol. The third kappa shape index (κ3) is 2.53. The van der Waals surface area contributed by atoms with Gasteiger partial charge in [0.05, 0.1) is 0 Å². The van der Waals surface area contributed by atoms with Gasteiger partial charge in [-0.2, -0.15) is 0 Å². The SMILES string of the molecule is CC1CC(c2ccc(F)cc2)CN1C(C)C(=O)O. The highest BCUT2D eigenvalue weighted by Crippen LogP contribution is 2.32. The van der Waals surface area contributed by atoms with Crippen molar-refractivity contribution in [2.24, 2.45) is 0 Å². The van der Waals surface area contributed by atoms with Crippen molar-refractivity contribution in [2.75, 3.05) is 6.54 Å². The normalized spacial score (nSPS) is 26.2. The van der Waals surface area contributed by atoms with Gasteiger partial charge in [0, 0.05) is 12.6 Å². The summed E-state index contributed by atoms with van der Waals surface area (Å²) in [6.45, 7) is 4.48. The summed E-state index contributed by atoms with van der Waals surface area (Å²) in [6, 6.07) is 6.28. The Hall–Kier alpha value is -1.42. The highest BCUT2D eigenvalue weighted by Gasteiger charge is 2.35. The molecule has 1 saturated heterocycles. The van der Waals surface area contributed by atoms with Gasteiger partial charge in [-0.25, -0.2) is 4.39 Å². The van der Waals surface area contributed by atoms with Crippen LogP contribution in [0.5, 0.6) is 0 Å². The minimum atomic E-state index is -0.790. The van der Waals surface area contributed by atoms with Crippen LogP contribution in [0.2, 0.25) is 0 Å². The Balaban J connectivity index is 2.11. The first kappa shape index (κ1) is 13.0. The topological polar surface area (TPSA) is 40.5 Å². The van der Waals surface area contributed by atoms with E-state index >= 15 is 0 Å². The molecule has 18 heavy (non-hydrogen) atoms. The predicted octanol–water partition coefficient (Wildman–Crippen LogP) is 2.48. The van der Waals surface area contributed by atoms with Crippen molar-refractivity contribution in [3.63, 3.8) is 0 Å². The molecule has 0 radical (unpaired) electrons. The Labute approximate surface area is 106 Å². The summed E-state index contributed by atoms with van der Waals surface area (Å²) >= 11 is 0. The zero-order valence-corrected chi connectivity index (χ0v) is 10.6. The first-order valence-corrected chi connectivity index (χ1v) is 6.23. The number of benzene rings is 1. The summed E-state index contributed by atoms with van der Waals surface area (Å²) in [7, 11) is 0. The fourth-order valence-corrected chi connectivity index (χ4v) is 2.71. The van der Waals surface area contributed by atoms with Gasteiger partial charge in [0.25, 0.3) is 0 Å². The second kappa shape index (κ2) is 5.06. The van der Waals surface area contributed by atoms with Gasteiger partial charge in [-0.15, -0.1) is 0 Å². The van der Waals surface area contributed by atoms with Crippen molar-refractivity contribution in [1.29, 1.82) is 0 Å². The van der Waals surface area contributed by atoms with Gasteiger partial charge in [-0.1, -0.05) is 12.1 Å². The fraction of sp³-hybridized carbons (Fsp3) is 0.500. The van der Waals surface area contributed by atoms with Gasteiger partial charge in [-0.05, 0) is 43.9 Å². The average molecular weight is 251 g/mol. The number of hydrogen-bond donors (Lipinski definition) is 1. The predicted molar refractivity (Wildman–Crippen MR) is 67.0 cm³/mol. The maximum atomic E-state index is 12.9. The maximum Gasteiger partial charge on any atom is 0.320 e. The fourth-order valence-electron chi connectivity index (χ4n) is 2.71. The number of halogens is 1. The number of carboxylic acid groups (broad SMARTS) is 1. The Morgan fingerprint density at radius 3 is 2.61 bits per heavy atom. The number of carboxylic acids is 1. The third-order valence-electron chi connectivity index (χ3n) is 3.82. The average Bonchev–Trinajstić information content (AvgIpc) is 2.71. The lowest BCUT2D eigenvalue weighted by atomic mass is 9.97. The molecule has 3 nitrogen and oxygen atoms in total. The number of likely N-dealkylation sites (tertiary alicyclic amines) is 1. The second-order valence-corrected chi connectivity index (χ2v) is 5.04. The number of carbonyl (C=O) groups is 1. The maximum absolute atomic E-state index is 12.9.